The van der Waals surface area contributed by atoms with Gasteiger partial charge in [-0.1, -0.05) is 6.07 Å². The van der Waals surface area contributed by atoms with E-state index in [1.807, 2.05) is 38.1 Å². The zero-order valence-corrected chi connectivity index (χ0v) is 15.7. The SMILES string of the molecule is CCn1c(C)cc(C(=O)NC(c2ccc3c(c2)OCCO3)C2CC2)c1C. The first-order valence-electron chi connectivity index (χ1n) is 9.45. The van der Waals surface area contributed by atoms with Crippen LogP contribution in [0, 0.1) is 19.8 Å². The van der Waals surface area contributed by atoms with E-state index in [0.29, 0.717) is 19.1 Å². The summed E-state index contributed by atoms with van der Waals surface area (Å²) in [7, 11) is 0. The molecule has 0 spiro atoms. The van der Waals surface area contributed by atoms with Gasteiger partial charge in [-0.15, -0.1) is 0 Å². The van der Waals surface area contributed by atoms with Crippen LogP contribution in [0.2, 0.25) is 0 Å². The third-order valence-corrected chi connectivity index (χ3v) is 5.44. The number of fused-ring (bicyclic) bond motifs is 1. The van der Waals surface area contributed by atoms with Crippen LogP contribution >= 0.6 is 0 Å². The Balaban J connectivity index is 1.59. The molecule has 1 saturated carbocycles. The molecule has 1 atom stereocenters. The van der Waals surface area contributed by atoms with E-state index in [1.54, 1.807) is 0 Å². The monoisotopic (exact) mass is 354 g/mol. The van der Waals surface area contributed by atoms with Crippen LogP contribution in [0.5, 0.6) is 11.5 Å². The van der Waals surface area contributed by atoms with E-state index < -0.39 is 0 Å². The van der Waals surface area contributed by atoms with E-state index in [1.165, 1.54) is 0 Å². The molecule has 0 radical (unpaired) electrons. The Morgan fingerprint density at radius 1 is 1.19 bits per heavy atom. The molecule has 2 aromatic rings. The Kier molecular flexibility index (Phi) is 4.39. The minimum absolute atomic E-state index is 0.00425. The highest BCUT2D eigenvalue weighted by molar-refractivity contribution is 5.96. The van der Waals surface area contributed by atoms with Gasteiger partial charge >= 0.3 is 0 Å². The van der Waals surface area contributed by atoms with Gasteiger partial charge in [0.05, 0.1) is 11.6 Å². The Bertz CT molecular complexity index is 836. The molecule has 2 aliphatic rings. The number of hydrogen-bond acceptors (Lipinski definition) is 3. The molecule has 1 aliphatic carbocycles. The molecule has 138 valence electrons. The van der Waals surface area contributed by atoms with Crippen molar-refractivity contribution < 1.29 is 14.3 Å². The molecule has 2 heterocycles. The van der Waals surface area contributed by atoms with Crippen molar-refractivity contribution in [2.45, 2.75) is 46.2 Å². The minimum Gasteiger partial charge on any atom is -0.486 e. The summed E-state index contributed by atoms with van der Waals surface area (Å²) in [5.74, 6) is 2.06. The van der Waals surface area contributed by atoms with Gasteiger partial charge in [0, 0.05) is 17.9 Å². The Labute approximate surface area is 154 Å². The first-order chi connectivity index (χ1) is 12.6. The van der Waals surface area contributed by atoms with Crippen molar-refractivity contribution in [2.24, 2.45) is 5.92 Å². The Morgan fingerprint density at radius 2 is 1.92 bits per heavy atom. The van der Waals surface area contributed by atoms with Crippen LogP contribution in [0.25, 0.3) is 0 Å². The van der Waals surface area contributed by atoms with Crippen LogP contribution in [-0.4, -0.2) is 23.7 Å². The summed E-state index contributed by atoms with van der Waals surface area (Å²) in [5, 5.41) is 3.28. The van der Waals surface area contributed by atoms with E-state index in [9.17, 15) is 4.79 Å². The average Bonchev–Trinajstić information content (AvgIpc) is 3.44. The summed E-state index contributed by atoms with van der Waals surface area (Å²) in [6, 6.07) is 8.03. The zero-order valence-electron chi connectivity index (χ0n) is 15.7. The number of amides is 1. The van der Waals surface area contributed by atoms with Crippen molar-refractivity contribution in [1.82, 2.24) is 9.88 Å². The normalized spacial score (nSPS) is 17.0. The summed E-state index contributed by atoms with van der Waals surface area (Å²) in [6.45, 7) is 8.19. The van der Waals surface area contributed by atoms with Crippen LogP contribution in [0.3, 0.4) is 0 Å². The number of ether oxygens (including phenoxy) is 2. The van der Waals surface area contributed by atoms with Crippen LogP contribution in [0.1, 0.15) is 53.1 Å². The predicted octanol–water partition coefficient (Wildman–Crippen LogP) is 3.78. The lowest BCUT2D eigenvalue weighted by Gasteiger charge is -2.23. The van der Waals surface area contributed by atoms with E-state index >= 15 is 0 Å². The molecule has 1 aliphatic heterocycles. The molecule has 1 aromatic heterocycles. The molecule has 4 rings (SSSR count). The average molecular weight is 354 g/mol. The molecular weight excluding hydrogens is 328 g/mol. The van der Waals surface area contributed by atoms with Crippen molar-refractivity contribution in [2.75, 3.05) is 13.2 Å². The highest BCUT2D eigenvalue weighted by Gasteiger charge is 2.34. The fourth-order valence-corrected chi connectivity index (χ4v) is 3.89. The molecule has 1 aromatic carbocycles. The second-order valence-corrected chi connectivity index (χ2v) is 7.22. The lowest BCUT2D eigenvalue weighted by Crippen LogP contribution is -2.30. The fourth-order valence-electron chi connectivity index (χ4n) is 3.89. The number of aryl methyl sites for hydroxylation is 1. The van der Waals surface area contributed by atoms with Crippen LogP contribution in [0.15, 0.2) is 24.3 Å². The second-order valence-electron chi connectivity index (χ2n) is 7.22. The maximum Gasteiger partial charge on any atom is 0.253 e. The Hall–Kier alpha value is -2.43. The molecule has 0 bridgehead atoms. The number of carbonyl (C=O) groups is 1. The van der Waals surface area contributed by atoms with Crippen molar-refractivity contribution >= 4 is 5.91 Å². The molecule has 1 fully saturated rings. The standard InChI is InChI=1S/C21H26N2O3/c1-4-23-13(2)11-17(14(23)3)21(24)22-20(15-5-6-15)16-7-8-18-19(12-16)26-10-9-25-18/h7-8,11-12,15,20H,4-6,9-10H2,1-3H3,(H,22,24). The van der Waals surface area contributed by atoms with Gasteiger partial charge in [-0.2, -0.15) is 0 Å². The van der Waals surface area contributed by atoms with Crippen LogP contribution < -0.4 is 14.8 Å². The highest BCUT2D eigenvalue weighted by Crippen LogP contribution is 2.43. The van der Waals surface area contributed by atoms with Crippen molar-refractivity contribution in [3.8, 4) is 11.5 Å². The summed E-state index contributed by atoms with van der Waals surface area (Å²) < 4.78 is 13.5. The summed E-state index contributed by atoms with van der Waals surface area (Å²) in [6.07, 6.45) is 2.29. The molecule has 26 heavy (non-hydrogen) atoms. The second kappa shape index (κ2) is 6.71. The molecule has 5 nitrogen and oxygen atoms in total. The first-order valence-corrected chi connectivity index (χ1v) is 9.45. The van der Waals surface area contributed by atoms with Gasteiger partial charge < -0.3 is 19.4 Å². The fraction of sp³-hybridized carbons (Fsp3) is 0.476. The van der Waals surface area contributed by atoms with Gasteiger partial charge in [0.1, 0.15) is 13.2 Å². The molecule has 5 heteroatoms. The smallest absolute Gasteiger partial charge is 0.253 e. The largest absolute Gasteiger partial charge is 0.486 e. The number of rotatable bonds is 5. The van der Waals surface area contributed by atoms with E-state index in [-0.39, 0.29) is 11.9 Å². The number of carbonyl (C=O) groups excluding carboxylic acids is 1. The third-order valence-electron chi connectivity index (χ3n) is 5.44. The van der Waals surface area contributed by atoms with Crippen LogP contribution in [0.4, 0.5) is 0 Å². The number of benzene rings is 1. The molecule has 1 amide bonds. The van der Waals surface area contributed by atoms with Gasteiger partial charge in [-0.3, -0.25) is 4.79 Å². The van der Waals surface area contributed by atoms with Gasteiger partial charge in [-0.05, 0) is 63.3 Å². The number of nitrogens with one attached hydrogen (secondary N) is 1. The summed E-state index contributed by atoms with van der Waals surface area (Å²) >= 11 is 0. The quantitative estimate of drug-likeness (QED) is 0.889. The molecule has 0 saturated heterocycles. The van der Waals surface area contributed by atoms with Gasteiger partial charge in [0.2, 0.25) is 0 Å². The highest BCUT2D eigenvalue weighted by atomic mass is 16.6. The number of hydrogen-bond donors (Lipinski definition) is 1. The topological polar surface area (TPSA) is 52.5 Å². The first kappa shape index (κ1) is 17.0. The van der Waals surface area contributed by atoms with Gasteiger partial charge in [-0.25, -0.2) is 0 Å². The number of aromatic nitrogens is 1. The summed E-state index contributed by atoms with van der Waals surface area (Å²) in [5.41, 5.74) is 4.01. The maximum absolute atomic E-state index is 13.0. The molecule has 1 N–H and O–H groups in total. The lowest BCUT2D eigenvalue weighted by molar-refractivity contribution is 0.0930. The van der Waals surface area contributed by atoms with Gasteiger partial charge in [0.15, 0.2) is 11.5 Å². The van der Waals surface area contributed by atoms with Crippen LogP contribution in [-0.2, 0) is 6.54 Å². The lowest BCUT2D eigenvalue weighted by atomic mass is 10.0. The van der Waals surface area contributed by atoms with E-state index in [0.717, 1.165) is 53.4 Å². The third kappa shape index (κ3) is 3.06. The Morgan fingerprint density at radius 3 is 2.58 bits per heavy atom. The van der Waals surface area contributed by atoms with E-state index in [4.69, 9.17) is 9.47 Å². The molecular formula is C21H26N2O3. The summed E-state index contributed by atoms with van der Waals surface area (Å²) in [4.78, 5) is 13.0. The minimum atomic E-state index is 0.00425. The predicted molar refractivity (Wildman–Crippen MR) is 99.9 cm³/mol. The number of nitrogens with zero attached hydrogens (tertiary/aromatic N) is 1. The van der Waals surface area contributed by atoms with Crippen molar-refractivity contribution in [3.63, 3.8) is 0 Å². The van der Waals surface area contributed by atoms with E-state index in [2.05, 4.69) is 16.8 Å². The van der Waals surface area contributed by atoms with Crippen molar-refractivity contribution in [3.05, 3.63) is 46.8 Å². The van der Waals surface area contributed by atoms with Crippen molar-refractivity contribution in [1.29, 1.82) is 0 Å². The maximum atomic E-state index is 13.0. The molecule has 1 unspecified atom stereocenters. The zero-order chi connectivity index (χ0) is 18.3. The van der Waals surface area contributed by atoms with Gasteiger partial charge in [0.25, 0.3) is 5.91 Å².